The van der Waals surface area contributed by atoms with Gasteiger partial charge < -0.3 is 4.74 Å². The van der Waals surface area contributed by atoms with Crippen LogP contribution in [0.25, 0.3) is 0 Å². The lowest BCUT2D eigenvalue weighted by atomic mass is 10.1. The molecular weight excluding hydrogens is 320 g/mol. The fourth-order valence-corrected chi connectivity index (χ4v) is 3.33. The van der Waals surface area contributed by atoms with Crippen molar-refractivity contribution in [3.05, 3.63) is 22.8 Å². The molecule has 0 amide bonds. The maximum Gasteiger partial charge on any atom is 0.258 e. The first-order chi connectivity index (χ1) is 8.49. The second-order valence-electron chi connectivity index (χ2n) is 4.28. The number of sulfonamides is 1. The van der Waals surface area contributed by atoms with E-state index in [1.165, 1.54) is 12.3 Å². The van der Waals surface area contributed by atoms with Crippen molar-refractivity contribution in [2.45, 2.75) is 36.9 Å². The third-order valence-corrected chi connectivity index (χ3v) is 4.78. The average Bonchev–Trinajstić information content (AvgIpc) is 2.82. The van der Waals surface area contributed by atoms with E-state index in [9.17, 15) is 8.42 Å². The summed E-state index contributed by atoms with van der Waals surface area (Å²) in [4.78, 5) is 3.89. The highest BCUT2D eigenvalue weighted by atomic mass is 79.9. The number of rotatable bonds is 4. The van der Waals surface area contributed by atoms with Crippen molar-refractivity contribution in [3.63, 3.8) is 0 Å². The Balaban J connectivity index is 2.09. The number of ether oxygens (including phenoxy) is 1. The van der Waals surface area contributed by atoms with E-state index in [4.69, 9.17) is 4.74 Å². The van der Waals surface area contributed by atoms with Gasteiger partial charge in [-0.15, -0.1) is 0 Å². The van der Waals surface area contributed by atoms with Gasteiger partial charge in [0.05, 0.1) is 6.10 Å². The summed E-state index contributed by atoms with van der Waals surface area (Å²) in [5, 5.41) is 0.0237. The minimum Gasteiger partial charge on any atom is -0.377 e. The van der Waals surface area contributed by atoms with E-state index in [0.29, 0.717) is 6.61 Å². The van der Waals surface area contributed by atoms with Crippen LogP contribution in [0.5, 0.6) is 0 Å². The fourth-order valence-electron chi connectivity index (χ4n) is 1.90. The number of hydrogen-bond donors (Lipinski definition) is 1. The van der Waals surface area contributed by atoms with Crippen LogP contribution in [0.1, 0.15) is 19.8 Å². The highest BCUT2D eigenvalue weighted by Crippen LogP contribution is 2.17. The minimum atomic E-state index is -3.58. The van der Waals surface area contributed by atoms with Crippen LogP contribution in [-0.4, -0.2) is 32.2 Å². The predicted octanol–water partition coefficient (Wildman–Crippen LogP) is 1.69. The zero-order valence-electron chi connectivity index (χ0n) is 9.97. The molecule has 1 N–H and O–H groups in total. The molecular formula is C11H15BrN2O3S. The number of nitrogens with one attached hydrogen (secondary N) is 1. The number of nitrogens with zero attached hydrogens (tertiary/aromatic N) is 1. The van der Waals surface area contributed by atoms with Gasteiger partial charge in [-0.3, -0.25) is 0 Å². The standard InChI is InChI=1S/C11H15BrN2O3S/c1-8(10-3-2-6-17-10)14-18(15,16)11-5-4-9(12)7-13-11/h4-5,7-8,10,14H,2-3,6H2,1H3/t8-,10-/m1/s1. The maximum atomic E-state index is 12.1. The van der Waals surface area contributed by atoms with Gasteiger partial charge in [-0.25, -0.2) is 18.1 Å². The van der Waals surface area contributed by atoms with E-state index in [0.717, 1.165) is 17.3 Å². The van der Waals surface area contributed by atoms with E-state index in [1.54, 1.807) is 6.07 Å². The Kier molecular flexibility index (Phi) is 4.37. The molecule has 1 aliphatic heterocycles. The van der Waals surface area contributed by atoms with Gasteiger partial charge in [0.1, 0.15) is 0 Å². The van der Waals surface area contributed by atoms with Crippen LogP contribution >= 0.6 is 15.9 Å². The van der Waals surface area contributed by atoms with Gasteiger partial charge in [-0.1, -0.05) is 0 Å². The second-order valence-corrected chi connectivity index (χ2v) is 6.85. The Morgan fingerprint density at radius 1 is 1.56 bits per heavy atom. The molecule has 0 radical (unpaired) electrons. The van der Waals surface area contributed by atoms with Gasteiger partial charge in [0.2, 0.25) is 0 Å². The highest BCUT2D eigenvalue weighted by Gasteiger charge is 2.27. The highest BCUT2D eigenvalue weighted by molar-refractivity contribution is 9.10. The summed E-state index contributed by atoms with van der Waals surface area (Å²) in [5.74, 6) is 0. The third-order valence-electron chi connectivity index (χ3n) is 2.84. The first-order valence-electron chi connectivity index (χ1n) is 5.74. The Morgan fingerprint density at radius 3 is 2.89 bits per heavy atom. The van der Waals surface area contributed by atoms with Crippen molar-refractivity contribution in [2.24, 2.45) is 0 Å². The summed E-state index contributed by atoms with van der Waals surface area (Å²) in [6, 6.07) is 2.87. The Labute approximate surface area is 115 Å². The predicted molar refractivity (Wildman–Crippen MR) is 70.7 cm³/mol. The molecule has 1 aromatic heterocycles. The molecule has 2 atom stereocenters. The van der Waals surface area contributed by atoms with Crippen LogP contribution in [0.3, 0.4) is 0 Å². The van der Waals surface area contributed by atoms with Crippen molar-refractivity contribution in [1.29, 1.82) is 0 Å². The number of aromatic nitrogens is 1. The Bertz CT molecular complexity index is 498. The molecule has 2 heterocycles. The normalized spacial score (nSPS) is 22.0. The zero-order chi connectivity index (χ0) is 13.2. The fraction of sp³-hybridized carbons (Fsp3) is 0.545. The van der Waals surface area contributed by atoms with Gasteiger partial charge >= 0.3 is 0 Å². The van der Waals surface area contributed by atoms with Crippen molar-refractivity contribution in [1.82, 2.24) is 9.71 Å². The molecule has 0 aromatic carbocycles. The molecule has 0 spiro atoms. The van der Waals surface area contributed by atoms with Gasteiger partial charge in [0.15, 0.2) is 5.03 Å². The topological polar surface area (TPSA) is 68.3 Å². The lowest BCUT2D eigenvalue weighted by Gasteiger charge is -2.19. The smallest absolute Gasteiger partial charge is 0.258 e. The molecule has 18 heavy (non-hydrogen) atoms. The summed E-state index contributed by atoms with van der Waals surface area (Å²) >= 11 is 3.22. The quantitative estimate of drug-likeness (QED) is 0.909. The van der Waals surface area contributed by atoms with Gasteiger partial charge in [0.25, 0.3) is 10.0 Å². The first kappa shape index (κ1) is 13.9. The largest absolute Gasteiger partial charge is 0.377 e. The maximum absolute atomic E-state index is 12.1. The molecule has 0 saturated carbocycles. The summed E-state index contributed by atoms with van der Waals surface area (Å²) in [6.07, 6.45) is 3.28. The molecule has 100 valence electrons. The van der Waals surface area contributed by atoms with Crippen LogP contribution < -0.4 is 4.72 Å². The molecule has 0 bridgehead atoms. The summed E-state index contributed by atoms with van der Waals surface area (Å²) in [6.45, 7) is 2.51. The molecule has 1 aromatic rings. The zero-order valence-corrected chi connectivity index (χ0v) is 12.4. The number of hydrogen-bond acceptors (Lipinski definition) is 4. The van der Waals surface area contributed by atoms with Crippen LogP contribution in [-0.2, 0) is 14.8 Å². The molecule has 5 nitrogen and oxygen atoms in total. The summed E-state index contributed by atoms with van der Waals surface area (Å²) in [7, 11) is -3.58. The molecule has 2 rings (SSSR count). The van der Waals surface area contributed by atoms with E-state index in [2.05, 4.69) is 25.6 Å². The van der Waals surface area contributed by atoms with Gasteiger partial charge in [0, 0.05) is 23.3 Å². The van der Waals surface area contributed by atoms with E-state index in [1.807, 2.05) is 6.92 Å². The van der Waals surface area contributed by atoms with Crippen molar-refractivity contribution in [2.75, 3.05) is 6.61 Å². The van der Waals surface area contributed by atoms with E-state index < -0.39 is 10.0 Å². The monoisotopic (exact) mass is 334 g/mol. The third kappa shape index (κ3) is 3.28. The van der Waals surface area contributed by atoms with Crippen LogP contribution in [0, 0.1) is 0 Å². The Morgan fingerprint density at radius 2 is 2.33 bits per heavy atom. The lowest BCUT2D eigenvalue weighted by Crippen LogP contribution is -2.41. The number of halogens is 1. The van der Waals surface area contributed by atoms with E-state index >= 15 is 0 Å². The van der Waals surface area contributed by atoms with Crippen LogP contribution in [0.4, 0.5) is 0 Å². The molecule has 0 aliphatic carbocycles. The van der Waals surface area contributed by atoms with Crippen molar-refractivity contribution in [3.8, 4) is 0 Å². The first-order valence-corrected chi connectivity index (χ1v) is 8.02. The van der Waals surface area contributed by atoms with E-state index in [-0.39, 0.29) is 17.2 Å². The molecule has 7 heteroatoms. The SMILES string of the molecule is C[C@@H](NS(=O)(=O)c1ccc(Br)cn1)[C@H]1CCCO1. The van der Waals surface area contributed by atoms with Crippen LogP contribution in [0.15, 0.2) is 27.8 Å². The molecule has 1 saturated heterocycles. The molecule has 0 unspecified atom stereocenters. The lowest BCUT2D eigenvalue weighted by molar-refractivity contribution is 0.0902. The summed E-state index contributed by atoms with van der Waals surface area (Å²) in [5.41, 5.74) is 0. The van der Waals surface area contributed by atoms with Crippen molar-refractivity contribution >= 4 is 26.0 Å². The second kappa shape index (κ2) is 5.64. The van der Waals surface area contributed by atoms with Crippen LogP contribution in [0.2, 0.25) is 0 Å². The average molecular weight is 335 g/mol. The Hall–Kier alpha value is -0.500. The van der Waals surface area contributed by atoms with Gasteiger partial charge in [-0.05, 0) is 47.8 Å². The van der Waals surface area contributed by atoms with Crippen molar-refractivity contribution < 1.29 is 13.2 Å². The molecule has 1 aliphatic rings. The minimum absolute atomic E-state index is 0.0237. The number of pyridine rings is 1. The summed E-state index contributed by atoms with van der Waals surface area (Å²) < 4.78 is 32.9. The molecule has 1 fully saturated rings. The van der Waals surface area contributed by atoms with Gasteiger partial charge in [-0.2, -0.15) is 0 Å².